The molecule has 2 aliphatic heterocycles. The van der Waals surface area contributed by atoms with Gasteiger partial charge in [-0.3, -0.25) is 9.78 Å². The lowest BCUT2D eigenvalue weighted by atomic mass is 9.87. The van der Waals surface area contributed by atoms with Crippen LogP contribution in [0.15, 0.2) is 83.9 Å². The van der Waals surface area contributed by atoms with Gasteiger partial charge in [-0.25, -0.2) is 0 Å². The molecule has 0 fully saturated rings. The number of thioether (sulfide) groups is 1. The Hall–Kier alpha value is -4.43. The Labute approximate surface area is 260 Å². The average molecular weight is 607 g/mol. The van der Waals surface area contributed by atoms with Crippen molar-refractivity contribution in [1.82, 2.24) is 9.55 Å². The summed E-state index contributed by atoms with van der Waals surface area (Å²) in [5.74, 6) is 1.52. The Morgan fingerprint density at radius 1 is 1.05 bits per heavy atom. The molecule has 8 heteroatoms. The first kappa shape index (κ1) is 28.3. The molecule has 7 rings (SSSR count). The maximum absolute atomic E-state index is 12.3. The third kappa shape index (κ3) is 5.28. The van der Waals surface area contributed by atoms with Crippen LogP contribution in [0.3, 0.4) is 0 Å². The second-order valence-electron chi connectivity index (χ2n) is 12.2. The summed E-state index contributed by atoms with van der Waals surface area (Å²) >= 11 is 1.83. The van der Waals surface area contributed by atoms with Gasteiger partial charge in [0, 0.05) is 51.5 Å². The van der Waals surface area contributed by atoms with Crippen molar-refractivity contribution in [3.63, 3.8) is 0 Å². The molecule has 0 radical (unpaired) electrons. The minimum atomic E-state index is -0.935. The van der Waals surface area contributed by atoms with E-state index >= 15 is 0 Å². The van der Waals surface area contributed by atoms with Crippen LogP contribution in [0.2, 0.25) is 0 Å². The summed E-state index contributed by atoms with van der Waals surface area (Å²) in [6, 6.07) is 24.5. The van der Waals surface area contributed by atoms with Gasteiger partial charge in [-0.2, -0.15) is 0 Å². The van der Waals surface area contributed by atoms with Crippen LogP contribution >= 0.6 is 11.8 Å². The van der Waals surface area contributed by atoms with E-state index in [1.165, 1.54) is 5.56 Å². The highest BCUT2D eigenvalue weighted by Gasteiger charge is 2.35. The molecule has 1 N–H and O–H groups in total. The predicted molar refractivity (Wildman–Crippen MR) is 172 cm³/mol. The van der Waals surface area contributed by atoms with E-state index in [9.17, 15) is 9.90 Å². The third-order valence-electron chi connectivity index (χ3n) is 8.44. The fourth-order valence-corrected chi connectivity index (χ4v) is 7.35. The molecule has 3 aromatic carbocycles. The zero-order chi connectivity index (χ0) is 30.4. The molecule has 5 aromatic rings. The highest BCUT2D eigenvalue weighted by molar-refractivity contribution is 8.00. The standard InChI is InChI=1S/C36H34N2O5S/c1-22-15-27-30(41-20-26-11-10-25(18-37-26)24-7-5-4-6-8-24)14-12-28-33(27)34(44-22)29(17-36(2,3)35(39)40)38(28)19-23-9-13-31-32(16-23)43-21-42-31/h4-14,16,18,22H,15,17,19-21H2,1-3H3,(H,39,40). The molecule has 224 valence electrons. The number of rotatable bonds is 9. The van der Waals surface area contributed by atoms with Crippen molar-refractivity contribution in [2.75, 3.05) is 6.79 Å². The largest absolute Gasteiger partial charge is 0.487 e. The van der Waals surface area contributed by atoms with Gasteiger partial charge in [0.25, 0.3) is 0 Å². The van der Waals surface area contributed by atoms with Crippen LogP contribution in [0.4, 0.5) is 0 Å². The van der Waals surface area contributed by atoms with Gasteiger partial charge >= 0.3 is 5.97 Å². The van der Waals surface area contributed by atoms with E-state index in [0.717, 1.165) is 67.5 Å². The minimum Gasteiger partial charge on any atom is -0.487 e. The molecule has 7 nitrogen and oxygen atoms in total. The van der Waals surface area contributed by atoms with E-state index in [1.807, 2.05) is 54.4 Å². The molecule has 0 spiro atoms. The molecule has 0 bridgehead atoms. The van der Waals surface area contributed by atoms with Crippen LogP contribution in [0.1, 0.15) is 43.3 Å². The molecule has 2 aliphatic rings. The van der Waals surface area contributed by atoms with E-state index in [2.05, 4.69) is 52.9 Å². The summed E-state index contributed by atoms with van der Waals surface area (Å²) in [6.45, 7) is 6.99. The number of pyridine rings is 1. The quantitative estimate of drug-likeness (QED) is 0.184. The van der Waals surface area contributed by atoms with E-state index < -0.39 is 11.4 Å². The maximum atomic E-state index is 12.3. The molecule has 4 heterocycles. The molecule has 1 atom stereocenters. The Morgan fingerprint density at radius 3 is 2.64 bits per heavy atom. The Morgan fingerprint density at radius 2 is 1.86 bits per heavy atom. The van der Waals surface area contributed by atoms with Crippen LogP contribution in [-0.2, 0) is 30.8 Å². The van der Waals surface area contributed by atoms with Crippen LogP contribution in [-0.4, -0.2) is 32.7 Å². The third-order valence-corrected chi connectivity index (χ3v) is 9.68. The van der Waals surface area contributed by atoms with Crippen molar-refractivity contribution in [3.8, 4) is 28.4 Å². The van der Waals surface area contributed by atoms with Crippen LogP contribution in [0.5, 0.6) is 17.2 Å². The number of hydrogen-bond acceptors (Lipinski definition) is 6. The number of aliphatic carboxylic acids is 1. The number of aromatic nitrogens is 2. The fourth-order valence-electron chi connectivity index (χ4n) is 6.04. The lowest BCUT2D eigenvalue weighted by molar-refractivity contribution is -0.146. The van der Waals surface area contributed by atoms with E-state index in [0.29, 0.717) is 24.8 Å². The van der Waals surface area contributed by atoms with E-state index in [1.54, 1.807) is 13.8 Å². The van der Waals surface area contributed by atoms with Gasteiger partial charge in [0.15, 0.2) is 11.5 Å². The first-order valence-electron chi connectivity index (χ1n) is 14.9. The molecule has 1 unspecified atom stereocenters. The summed E-state index contributed by atoms with van der Waals surface area (Å²) in [7, 11) is 0. The number of ether oxygens (including phenoxy) is 3. The molecule has 44 heavy (non-hydrogen) atoms. The summed E-state index contributed by atoms with van der Waals surface area (Å²) in [4.78, 5) is 18.1. The summed E-state index contributed by atoms with van der Waals surface area (Å²) < 4.78 is 19.9. The number of benzene rings is 3. The number of fused-ring (bicyclic) bond motifs is 1. The van der Waals surface area contributed by atoms with E-state index in [4.69, 9.17) is 14.2 Å². The topological polar surface area (TPSA) is 82.8 Å². The smallest absolute Gasteiger partial charge is 0.309 e. The second-order valence-corrected chi connectivity index (χ2v) is 13.6. The number of hydrogen-bond donors (Lipinski definition) is 1. The van der Waals surface area contributed by atoms with Gasteiger partial charge in [0.05, 0.1) is 16.6 Å². The van der Waals surface area contributed by atoms with E-state index in [-0.39, 0.29) is 6.79 Å². The van der Waals surface area contributed by atoms with Gasteiger partial charge in [-0.05, 0) is 61.7 Å². The highest BCUT2D eigenvalue weighted by atomic mass is 32.2. The van der Waals surface area contributed by atoms with Gasteiger partial charge in [-0.1, -0.05) is 49.4 Å². The first-order valence-corrected chi connectivity index (χ1v) is 15.7. The Balaban J connectivity index is 1.26. The predicted octanol–water partition coefficient (Wildman–Crippen LogP) is 7.75. The number of carboxylic acids is 1. The zero-order valence-corrected chi connectivity index (χ0v) is 25.8. The molecule has 0 saturated carbocycles. The normalized spacial score (nSPS) is 15.5. The zero-order valence-electron chi connectivity index (χ0n) is 25.0. The summed E-state index contributed by atoms with van der Waals surface area (Å²) in [5, 5.41) is 11.6. The van der Waals surface area contributed by atoms with Crippen molar-refractivity contribution >= 4 is 28.6 Å². The van der Waals surface area contributed by atoms with Crippen molar-refractivity contribution in [2.45, 2.75) is 56.9 Å². The Kier molecular flexibility index (Phi) is 7.25. The van der Waals surface area contributed by atoms with Crippen molar-refractivity contribution in [2.24, 2.45) is 5.41 Å². The summed E-state index contributed by atoms with van der Waals surface area (Å²) in [5.41, 5.74) is 6.49. The molecular formula is C36H34N2O5S. The first-order chi connectivity index (χ1) is 21.3. The van der Waals surface area contributed by atoms with Crippen LogP contribution in [0.25, 0.3) is 22.0 Å². The second kappa shape index (κ2) is 11.2. The van der Waals surface area contributed by atoms with Crippen molar-refractivity contribution in [3.05, 3.63) is 102 Å². The highest BCUT2D eigenvalue weighted by Crippen LogP contribution is 2.48. The Bertz CT molecular complexity index is 1860. The molecule has 2 aromatic heterocycles. The number of nitrogens with zero attached hydrogens (tertiary/aromatic N) is 2. The molecule has 0 aliphatic carbocycles. The van der Waals surface area contributed by atoms with Crippen molar-refractivity contribution in [1.29, 1.82) is 0 Å². The van der Waals surface area contributed by atoms with Crippen LogP contribution < -0.4 is 14.2 Å². The fraction of sp³-hybridized carbons (Fsp3) is 0.278. The van der Waals surface area contributed by atoms with Crippen LogP contribution in [0, 0.1) is 5.41 Å². The van der Waals surface area contributed by atoms with Crippen molar-refractivity contribution < 1.29 is 24.1 Å². The maximum Gasteiger partial charge on any atom is 0.309 e. The lowest BCUT2D eigenvalue weighted by Gasteiger charge is -2.24. The summed E-state index contributed by atoms with van der Waals surface area (Å²) in [6.07, 6.45) is 3.16. The molecular weight excluding hydrogens is 572 g/mol. The van der Waals surface area contributed by atoms with Gasteiger partial charge in [-0.15, -0.1) is 11.8 Å². The van der Waals surface area contributed by atoms with Gasteiger partial charge in [0.2, 0.25) is 6.79 Å². The monoisotopic (exact) mass is 606 g/mol. The SMILES string of the molecule is CC1Cc2c(OCc3ccc(-c4ccccc4)cn3)ccc3c2c(c(CC(C)(C)C(=O)O)n3Cc2ccc3c(c2)OCO3)S1. The molecule has 0 saturated heterocycles. The molecule has 0 amide bonds. The lowest BCUT2D eigenvalue weighted by Crippen LogP contribution is -2.28. The van der Waals surface area contributed by atoms with Gasteiger partial charge in [0.1, 0.15) is 12.4 Å². The average Bonchev–Trinajstić information content (AvgIpc) is 3.60. The van der Waals surface area contributed by atoms with Gasteiger partial charge < -0.3 is 23.9 Å². The number of carbonyl (C=O) groups is 1. The minimum absolute atomic E-state index is 0.223. The number of carboxylic acid groups (broad SMARTS) is 1.